The number of carbonyl (C=O) groups excluding carboxylic acids is 2. The Hall–Kier alpha value is -3.99. The van der Waals surface area contributed by atoms with Crippen LogP contribution in [-0.2, 0) is 9.84 Å². The first kappa shape index (κ1) is 21.2. The van der Waals surface area contributed by atoms with Crippen molar-refractivity contribution in [3.63, 3.8) is 0 Å². The average Bonchev–Trinajstić information content (AvgIpc) is 3.15. The summed E-state index contributed by atoms with van der Waals surface area (Å²) in [5.74, 6) is -4.27. The fraction of sp³-hybridized carbons (Fsp3) is 0.0476. The molecule has 0 aliphatic rings. The van der Waals surface area contributed by atoms with Crippen molar-refractivity contribution in [2.75, 3.05) is 6.26 Å². The van der Waals surface area contributed by atoms with Crippen molar-refractivity contribution < 1.29 is 26.8 Å². The van der Waals surface area contributed by atoms with Crippen molar-refractivity contribution in [3.8, 4) is 11.1 Å². The summed E-state index contributed by atoms with van der Waals surface area (Å²) in [7, 11) is -4.26. The van der Waals surface area contributed by atoms with Gasteiger partial charge in [-0.1, -0.05) is 12.1 Å². The van der Waals surface area contributed by atoms with Gasteiger partial charge in [-0.25, -0.2) is 22.2 Å². The van der Waals surface area contributed by atoms with Gasteiger partial charge in [-0.15, -0.1) is 0 Å². The summed E-state index contributed by atoms with van der Waals surface area (Å²) in [4.78, 5) is 27.2. The van der Waals surface area contributed by atoms with Crippen LogP contribution in [0.25, 0.3) is 22.2 Å². The van der Waals surface area contributed by atoms with Crippen LogP contribution in [0.2, 0.25) is 0 Å². The summed E-state index contributed by atoms with van der Waals surface area (Å²) in [5.41, 5.74) is 6.17. The van der Waals surface area contributed by atoms with Crippen LogP contribution in [0.4, 0.5) is 8.78 Å². The summed E-state index contributed by atoms with van der Waals surface area (Å²) in [6, 6.07) is 9.51. The molecule has 2 aromatic heterocycles. The number of ketones is 1. The maximum Gasteiger partial charge on any atom is 0.248 e. The second kappa shape index (κ2) is 7.61. The lowest BCUT2D eigenvalue weighted by Gasteiger charge is -2.07. The number of benzene rings is 2. The molecule has 11 heteroatoms. The number of sulfone groups is 1. The molecule has 0 spiro atoms. The maximum absolute atomic E-state index is 14.8. The number of halogens is 2. The Kier molecular flexibility index (Phi) is 5.05. The Morgan fingerprint density at radius 1 is 1.03 bits per heavy atom. The summed E-state index contributed by atoms with van der Waals surface area (Å²) >= 11 is 0. The normalized spacial score (nSPS) is 11.6. The number of hydrogen-bond donors (Lipinski definition) is 2. The second-order valence-corrected chi connectivity index (χ2v) is 8.93. The molecular weight excluding hydrogens is 442 g/mol. The van der Waals surface area contributed by atoms with Gasteiger partial charge in [-0.05, 0) is 35.9 Å². The van der Waals surface area contributed by atoms with Crippen LogP contribution in [0.5, 0.6) is 0 Å². The first-order valence-corrected chi connectivity index (χ1v) is 10.9. The molecule has 0 aliphatic heterocycles. The van der Waals surface area contributed by atoms with Crippen molar-refractivity contribution in [2.24, 2.45) is 5.73 Å². The number of hydrogen-bond acceptors (Lipinski definition) is 6. The number of aromatic amines is 1. The molecule has 0 bridgehead atoms. The van der Waals surface area contributed by atoms with E-state index in [2.05, 4.69) is 15.2 Å². The van der Waals surface area contributed by atoms with Gasteiger partial charge in [0.05, 0.1) is 10.9 Å². The fourth-order valence-electron chi connectivity index (χ4n) is 3.24. The van der Waals surface area contributed by atoms with Crippen LogP contribution >= 0.6 is 0 Å². The number of rotatable bonds is 5. The number of nitrogens with one attached hydrogen (secondary N) is 1. The minimum atomic E-state index is -4.26. The van der Waals surface area contributed by atoms with E-state index in [9.17, 15) is 26.8 Å². The molecule has 2 aromatic carbocycles. The molecule has 4 rings (SSSR count). The number of aromatic nitrogens is 3. The first-order valence-electron chi connectivity index (χ1n) is 9.05. The Balaban J connectivity index is 1.82. The van der Waals surface area contributed by atoms with Crippen molar-refractivity contribution in [1.82, 2.24) is 15.2 Å². The third-order valence-electron chi connectivity index (χ3n) is 4.80. The smallest absolute Gasteiger partial charge is 0.248 e. The standard InChI is InChI=1S/C21H14F2N4O4S/c1-32(30,31)19-15(22)7-6-13(16(19)23)18(28)17-14-8-12(9-25-21(14)27-26-17)10-2-4-11(5-3-10)20(24)29/h2-9H,1H3,(H2,24,29)(H,25,26,27). The minimum absolute atomic E-state index is 0.145. The fourth-order valence-corrected chi connectivity index (χ4v) is 4.10. The van der Waals surface area contributed by atoms with E-state index in [1.165, 1.54) is 18.3 Å². The number of H-pyrrole nitrogens is 1. The highest BCUT2D eigenvalue weighted by atomic mass is 32.2. The molecule has 0 saturated carbocycles. The molecular formula is C21H14F2N4O4S. The van der Waals surface area contributed by atoms with Crippen LogP contribution < -0.4 is 5.73 Å². The van der Waals surface area contributed by atoms with E-state index in [4.69, 9.17) is 5.73 Å². The van der Waals surface area contributed by atoms with Crippen molar-refractivity contribution in [3.05, 3.63) is 77.1 Å². The number of pyridine rings is 1. The van der Waals surface area contributed by atoms with E-state index < -0.39 is 43.6 Å². The zero-order chi connectivity index (χ0) is 23.2. The average molecular weight is 456 g/mol. The van der Waals surface area contributed by atoms with E-state index in [-0.39, 0.29) is 16.7 Å². The van der Waals surface area contributed by atoms with Gasteiger partial charge in [0.2, 0.25) is 11.7 Å². The highest BCUT2D eigenvalue weighted by Crippen LogP contribution is 2.28. The molecule has 162 valence electrons. The Morgan fingerprint density at radius 2 is 1.72 bits per heavy atom. The van der Waals surface area contributed by atoms with Crippen LogP contribution in [0.15, 0.2) is 53.6 Å². The quantitative estimate of drug-likeness (QED) is 0.443. The third kappa shape index (κ3) is 3.62. The van der Waals surface area contributed by atoms with Crippen LogP contribution in [0.3, 0.4) is 0 Å². The van der Waals surface area contributed by atoms with Crippen LogP contribution in [0.1, 0.15) is 26.4 Å². The minimum Gasteiger partial charge on any atom is -0.366 e. The molecule has 0 aliphatic carbocycles. The lowest BCUT2D eigenvalue weighted by molar-refractivity contribution is 0.0998. The lowest BCUT2D eigenvalue weighted by Crippen LogP contribution is -2.12. The van der Waals surface area contributed by atoms with Crippen molar-refractivity contribution >= 4 is 32.6 Å². The van der Waals surface area contributed by atoms with E-state index in [1.54, 1.807) is 18.2 Å². The van der Waals surface area contributed by atoms with Gasteiger partial charge in [0.15, 0.2) is 21.3 Å². The molecule has 0 atom stereocenters. The Bertz CT molecular complexity index is 1510. The SMILES string of the molecule is CS(=O)(=O)c1c(F)ccc(C(=O)c2[nH]nc3ncc(-c4ccc(C(N)=O)cc4)cc23)c1F. The summed E-state index contributed by atoms with van der Waals surface area (Å²) in [6.45, 7) is 0. The van der Waals surface area contributed by atoms with Gasteiger partial charge in [-0.2, -0.15) is 5.10 Å². The summed E-state index contributed by atoms with van der Waals surface area (Å²) in [6.07, 6.45) is 2.14. The largest absolute Gasteiger partial charge is 0.366 e. The number of primary amides is 1. The summed E-state index contributed by atoms with van der Waals surface area (Å²) in [5, 5.41) is 6.65. The van der Waals surface area contributed by atoms with Gasteiger partial charge in [0.1, 0.15) is 16.4 Å². The Labute approximate surface area is 180 Å². The topological polar surface area (TPSA) is 136 Å². The molecule has 1 amide bonds. The molecule has 0 fully saturated rings. The molecule has 8 nitrogen and oxygen atoms in total. The highest BCUT2D eigenvalue weighted by molar-refractivity contribution is 7.90. The number of nitrogens with two attached hydrogens (primary N) is 1. The zero-order valence-corrected chi connectivity index (χ0v) is 17.2. The molecule has 32 heavy (non-hydrogen) atoms. The van der Waals surface area contributed by atoms with Gasteiger partial charge < -0.3 is 5.73 Å². The third-order valence-corrected chi connectivity index (χ3v) is 5.92. The van der Waals surface area contributed by atoms with E-state index in [1.807, 2.05) is 0 Å². The molecule has 0 radical (unpaired) electrons. The van der Waals surface area contributed by atoms with Crippen molar-refractivity contribution in [2.45, 2.75) is 4.90 Å². The molecule has 0 unspecified atom stereocenters. The second-order valence-electron chi connectivity index (χ2n) is 6.97. The predicted octanol–water partition coefficient (Wildman–Crippen LogP) is 2.64. The van der Waals surface area contributed by atoms with Crippen molar-refractivity contribution in [1.29, 1.82) is 0 Å². The van der Waals surface area contributed by atoms with E-state index in [0.29, 0.717) is 22.9 Å². The molecule has 2 heterocycles. The van der Waals surface area contributed by atoms with Gasteiger partial charge in [0, 0.05) is 23.6 Å². The highest BCUT2D eigenvalue weighted by Gasteiger charge is 2.27. The maximum atomic E-state index is 14.8. The predicted molar refractivity (Wildman–Crippen MR) is 111 cm³/mol. The monoisotopic (exact) mass is 456 g/mol. The molecule has 4 aromatic rings. The van der Waals surface area contributed by atoms with Gasteiger partial charge >= 0.3 is 0 Å². The van der Waals surface area contributed by atoms with Gasteiger partial charge in [-0.3, -0.25) is 14.7 Å². The lowest BCUT2D eigenvalue weighted by atomic mass is 10.0. The zero-order valence-electron chi connectivity index (χ0n) is 16.4. The number of fused-ring (bicyclic) bond motifs is 1. The Morgan fingerprint density at radius 3 is 2.34 bits per heavy atom. The first-order chi connectivity index (χ1) is 15.1. The summed E-state index contributed by atoms with van der Waals surface area (Å²) < 4.78 is 52.2. The molecule has 3 N–H and O–H groups in total. The van der Waals surface area contributed by atoms with E-state index in [0.717, 1.165) is 12.1 Å². The number of amides is 1. The van der Waals surface area contributed by atoms with Crippen LogP contribution in [-0.4, -0.2) is 41.5 Å². The number of carbonyl (C=O) groups is 2. The van der Waals surface area contributed by atoms with Crippen LogP contribution in [0, 0.1) is 11.6 Å². The van der Waals surface area contributed by atoms with Gasteiger partial charge in [0.25, 0.3) is 0 Å². The molecule has 0 saturated heterocycles. The van der Waals surface area contributed by atoms with E-state index >= 15 is 0 Å². The number of nitrogens with zero attached hydrogens (tertiary/aromatic N) is 2.